The van der Waals surface area contributed by atoms with Gasteiger partial charge in [0.15, 0.2) is 0 Å². The number of aliphatic hydroxyl groups is 1. The molecule has 0 atom stereocenters. The molecule has 0 aliphatic rings. The standard InChI is InChI=1S/C19H19N3O3/c1-13-12-25-18(21-13)14-7-4-8-17(9-14)22-19(24)20-10-15-5-2-3-6-16(15)11-23/h2-9,12,23H,10-11H2,1H3,(H2,20,22,24). The number of hydrogen-bond donors (Lipinski definition) is 3. The molecule has 2 aromatic carbocycles. The van der Waals surface area contributed by atoms with Gasteiger partial charge in [-0.2, -0.15) is 0 Å². The maximum Gasteiger partial charge on any atom is 0.319 e. The van der Waals surface area contributed by atoms with Crippen LogP contribution < -0.4 is 10.6 Å². The van der Waals surface area contributed by atoms with E-state index < -0.39 is 0 Å². The number of amides is 2. The molecule has 1 aromatic heterocycles. The number of rotatable bonds is 5. The quantitative estimate of drug-likeness (QED) is 0.665. The van der Waals surface area contributed by atoms with Crippen molar-refractivity contribution in [2.45, 2.75) is 20.1 Å². The fourth-order valence-corrected chi connectivity index (χ4v) is 2.45. The number of nitrogens with one attached hydrogen (secondary N) is 2. The summed E-state index contributed by atoms with van der Waals surface area (Å²) in [4.78, 5) is 16.4. The molecule has 0 aliphatic heterocycles. The van der Waals surface area contributed by atoms with Gasteiger partial charge in [-0.15, -0.1) is 0 Å². The summed E-state index contributed by atoms with van der Waals surface area (Å²) in [5, 5.41) is 14.9. The van der Waals surface area contributed by atoms with Crippen molar-refractivity contribution >= 4 is 11.7 Å². The summed E-state index contributed by atoms with van der Waals surface area (Å²) in [5.74, 6) is 0.512. The van der Waals surface area contributed by atoms with Crippen LogP contribution in [0.4, 0.5) is 10.5 Å². The van der Waals surface area contributed by atoms with Crippen LogP contribution in [0.2, 0.25) is 0 Å². The Bertz CT molecular complexity index is 874. The number of hydrogen-bond acceptors (Lipinski definition) is 4. The van der Waals surface area contributed by atoms with Gasteiger partial charge in [-0.25, -0.2) is 9.78 Å². The Morgan fingerprint density at radius 2 is 1.96 bits per heavy atom. The van der Waals surface area contributed by atoms with E-state index in [0.717, 1.165) is 22.4 Å². The predicted octanol–water partition coefficient (Wildman–Crippen LogP) is 3.46. The van der Waals surface area contributed by atoms with Gasteiger partial charge in [0, 0.05) is 17.8 Å². The van der Waals surface area contributed by atoms with E-state index in [1.807, 2.05) is 43.3 Å². The second kappa shape index (κ2) is 7.63. The van der Waals surface area contributed by atoms with Crippen molar-refractivity contribution in [3.63, 3.8) is 0 Å². The molecule has 128 valence electrons. The minimum atomic E-state index is -0.325. The first kappa shape index (κ1) is 16.7. The van der Waals surface area contributed by atoms with Crippen molar-refractivity contribution in [1.82, 2.24) is 10.3 Å². The lowest BCUT2D eigenvalue weighted by Gasteiger charge is -2.10. The average Bonchev–Trinajstić information content (AvgIpc) is 3.07. The molecule has 3 rings (SSSR count). The number of aliphatic hydroxyl groups excluding tert-OH is 1. The lowest BCUT2D eigenvalue weighted by atomic mass is 10.1. The maximum absolute atomic E-state index is 12.1. The topological polar surface area (TPSA) is 87.4 Å². The Hall–Kier alpha value is -3.12. The van der Waals surface area contributed by atoms with Crippen LogP contribution in [0, 0.1) is 6.92 Å². The number of benzene rings is 2. The third-order valence-corrected chi connectivity index (χ3v) is 3.71. The van der Waals surface area contributed by atoms with Crippen LogP contribution in [0.3, 0.4) is 0 Å². The highest BCUT2D eigenvalue weighted by atomic mass is 16.3. The molecular weight excluding hydrogens is 318 g/mol. The number of aromatic nitrogens is 1. The molecule has 0 unspecified atom stereocenters. The van der Waals surface area contributed by atoms with Crippen LogP contribution >= 0.6 is 0 Å². The Morgan fingerprint density at radius 1 is 1.16 bits per heavy atom. The van der Waals surface area contributed by atoms with Crippen LogP contribution in [-0.4, -0.2) is 16.1 Å². The molecule has 1 heterocycles. The predicted molar refractivity (Wildman–Crippen MR) is 94.9 cm³/mol. The van der Waals surface area contributed by atoms with Crippen molar-refractivity contribution in [2.24, 2.45) is 0 Å². The van der Waals surface area contributed by atoms with E-state index in [0.29, 0.717) is 18.1 Å². The minimum Gasteiger partial charge on any atom is -0.444 e. The van der Waals surface area contributed by atoms with E-state index >= 15 is 0 Å². The normalized spacial score (nSPS) is 10.5. The first-order chi connectivity index (χ1) is 12.2. The molecule has 3 aromatic rings. The molecule has 0 bridgehead atoms. The molecule has 0 radical (unpaired) electrons. The third-order valence-electron chi connectivity index (χ3n) is 3.71. The lowest BCUT2D eigenvalue weighted by Crippen LogP contribution is -2.28. The zero-order valence-corrected chi connectivity index (χ0v) is 13.8. The Morgan fingerprint density at radius 3 is 2.68 bits per heavy atom. The molecule has 0 aliphatic carbocycles. The number of anilines is 1. The molecule has 6 nitrogen and oxygen atoms in total. The molecule has 25 heavy (non-hydrogen) atoms. The number of carbonyl (C=O) groups is 1. The van der Waals surface area contributed by atoms with Crippen molar-refractivity contribution < 1.29 is 14.3 Å². The van der Waals surface area contributed by atoms with Crippen LogP contribution in [0.25, 0.3) is 11.5 Å². The molecule has 0 saturated carbocycles. The molecule has 6 heteroatoms. The van der Waals surface area contributed by atoms with Gasteiger partial charge < -0.3 is 20.2 Å². The van der Waals surface area contributed by atoms with Crippen molar-refractivity contribution in [3.8, 4) is 11.5 Å². The number of urea groups is 1. The number of aryl methyl sites for hydroxylation is 1. The molecule has 3 N–H and O–H groups in total. The highest BCUT2D eigenvalue weighted by molar-refractivity contribution is 5.89. The first-order valence-electron chi connectivity index (χ1n) is 7.91. The molecular formula is C19H19N3O3. The number of oxazole rings is 1. The highest BCUT2D eigenvalue weighted by Gasteiger charge is 2.08. The summed E-state index contributed by atoms with van der Waals surface area (Å²) >= 11 is 0. The van der Waals surface area contributed by atoms with Gasteiger partial charge in [0.2, 0.25) is 5.89 Å². The third kappa shape index (κ3) is 4.24. The number of carbonyl (C=O) groups excluding carboxylic acids is 1. The summed E-state index contributed by atoms with van der Waals surface area (Å²) in [7, 11) is 0. The van der Waals surface area contributed by atoms with Gasteiger partial charge in [-0.05, 0) is 36.2 Å². The molecule has 0 fully saturated rings. The van der Waals surface area contributed by atoms with Gasteiger partial charge in [0.05, 0.1) is 12.3 Å². The molecule has 2 amide bonds. The van der Waals surface area contributed by atoms with Gasteiger partial charge in [-0.3, -0.25) is 0 Å². The fraction of sp³-hybridized carbons (Fsp3) is 0.158. The van der Waals surface area contributed by atoms with Crippen molar-refractivity contribution in [2.75, 3.05) is 5.32 Å². The smallest absolute Gasteiger partial charge is 0.319 e. The van der Waals surface area contributed by atoms with Crippen LogP contribution in [0.5, 0.6) is 0 Å². The largest absolute Gasteiger partial charge is 0.444 e. The number of nitrogens with zero attached hydrogens (tertiary/aromatic N) is 1. The highest BCUT2D eigenvalue weighted by Crippen LogP contribution is 2.22. The van der Waals surface area contributed by atoms with Gasteiger partial charge in [0.25, 0.3) is 0 Å². The lowest BCUT2D eigenvalue weighted by molar-refractivity contribution is 0.251. The van der Waals surface area contributed by atoms with Gasteiger partial charge in [0.1, 0.15) is 6.26 Å². The Kier molecular flexibility index (Phi) is 5.11. The average molecular weight is 337 g/mol. The Labute approximate surface area is 145 Å². The van der Waals surface area contributed by atoms with E-state index in [-0.39, 0.29) is 12.6 Å². The van der Waals surface area contributed by atoms with Crippen LogP contribution in [0.15, 0.2) is 59.2 Å². The second-order valence-electron chi connectivity index (χ2n) is 5.61. The van der Waals surface area contributed by atoms with Crippen LogP contribution in [0.1, 0.15) is 16.8 Å². The van der Waals surface area contributed by atoms with Gasteiger partial charge >= 0.3 is 6.03 Å². The summed E-state index contributed by atoms with van der Waals surface area (Å²) in [6.45, 7) is 2.13. The maximum atomic E-state index is 12.1. The molecule has 0 spiro atoms. The zero-order valence-electron chi connectivity index (χ0n) is 13.8. The van der Waals surface area contributed by atoms with E-state index in [1.54, 1.807) is 18.4 Å². The van der Waals surface area contributed by atoms with E-state index in [2.05, 4.69) is 15.6 Å². The van der Waals surface area contributed by atoms with Crippen molar-refractivity contribution in [3.05, 3.63) is 71.6 Å². The first-order valence-corrected chi connectivity index (χ1v) is 7.91. The van der Waals surface area contributed by atoms with Crippen molar-refractivity contribution in [1.29, 1.82) is 0 Å². The minimum absolute atomic E-state index is 0.0585. The Balaban J connectivity index is 1.63. The summed E-state index contributed by atoms with van der Waals surface area (Å²) < 4.78 is 5.38. The summed E-state index contributed by atoms with van der Waals surface area (Å²) in [5.41, 5.74) is 3.90. The second-order valence-corrected chi connectivity index (χ2v) is 5.61. The molecule has 0 saturated heterocycles. The van der Waals surface area contributed by atoms with E-state index in [9.17, 15) is 9.90 Å². The van der Waals surface area contributed by atoms with E-state index in [1.165, 1.54) is 0 Å². The SMILES string of the molecule is Cc1coc(-c2cccc(NC(=O)NCc3ccccc3CO)c2)n1. The summed E-state index contributed by atoms with van der Waals surface area (Å²) in [6.07, 6.45) is 1.58. The monoisotopic (exact) mass is 337 g/mol. The fourth-order valence-electron chi connectivity index (χ4n) is 2.45. The van der Waals surface area contributed by atoms with Gasteiger partial charge in [-0.1, -0.05) is 30.3 Å². The summed E-state index contributed by atoms with van der Waals surface area (Å²) in [6, 6.07) is 14.4. The van der Waals surface area contributed by atoms with Crippen LogP contribution in [-0.2, 0) is 13.2 Å². The zero-order chi connectivity index (χ0) is 17.6. The van der Waals surface area contributed by atoms with E-state index in [4.69, 9.17) is 4.42 Å².